The molecule has 1 aromatic heterocycles. The molecular weight excluding hydrogens is 322 g/mol. The minimum atomic E-state index is -3.88. The number of carbonyl (C=O) groups excluding carboxylic acids is 1. The van der Waals surface area contributed by atoms with Gasteiger partial charge in [0.2, 0.25) is 0 Å². The van der Waals surface area contributed by atoms with Gasteiger partial charge in [-0.1, -0.05) is 0 Å². The maximum Gasteiger partial charge on any atom is 0.348 e. The lowest BCUT2D eigenvalue weighted by molar-refractivity contribution is -0.137. The van der Waals surface area contributed by atoms with Crippen LogP contribution >= 0.6 is 11.3 Å². The number of hydrogen-bond donors (Lipinski definition) is 2. The van der Waals surface area contributed by atoms with Crippen molar-refractivity contribution in [2.24, 2.45) is 0 Å². The van der Waals surface area contributed by atoms with Gasteiger partial charge in [-0.3, -0.25) is 4.79 Å². The lowest BCUT2D eigenvalue weighted by Crippen LogP contribution is -2.24. The van der Waals surface area contributed by atoms with E-state index in [9.17, 15) is 18.0 Å². The van der Waals surface area contributed by atoms with Crippen LogP contribution in [0.4, 0.5) is 0 Å². The molecule has 0 amide bonds. The topological polar surface area (TPSA) is 119 Å². The standard InChI is InChI=1S/C11H15NO7S2/c1-18-7-6-8(10(15)19-2)20-11(7)21(16,17)12-5-3-4-9(13)14/h6,12H,3-5H2,1-2H3,(H,13,14). The Morgan fingerprint density at radius 3 is 2.57 bits per heavy atom. The molecule has 0 fully saturated rings. The van der Waals surface area contributed by atoms with Crippen molar-refractivity contribution in [3.05, 3.63) is 10.9 Å². The van der Waals surface area contributed by atoms with Gasteiger partial charge in [0.15, 0.2) is 9.96 Å². The SMILES string of the molecule is COC(=O)c1cc(OC)c(S(=O)(=O)NCCCC(=O)O)s1. The van der Waals surface area contributed by atoms with Crippen LogP contribution < -0.4 is 9.46 Å². The van der Waals surface area contributed by atoms with Crippen molar-refractivity contribution in [3.63, 3.8) is 0 Å². The first-order chi connectivity index (χ1) is 9.81. The number of ether oxygens (including phenoxy) is 2. The molecule has 10 heteroatoms. The van der Waals surface area contributed by atoms with E-state index in [0.29, 0.717) is 0 Å². The Morgan fingerprint density at radius 1 is 1.38 bits per heavy atom. The minimum absolute atomic E-state index is 0.0246. The van der Waals surface area contributed by atoms with E-state index in [-0.39, 0.29) is 34.2 Å². The number of esters is 1. The molecule has 0 aliphatic heterocycles. The van der Waals surface area contributed by atoms with Crippen molar-refractivity contribution in [2.45, 2.75) is 17.1 Å². The number of carboxylic acid groups (broad SMARTS) is 1. The van der Waals surface area contributed by atoms with Gasteiger partial charge in [0.1, 0.15) is 4.88 Å². The molecule has 0 bridgehead atoms. The quantitative estimate of drug-likeness (QED) is 0.529. The van der Waals surface area contributed by atoms with Crippen molar-refractivity contribution < 1.29 is 32.6 Å². The Labute approximate surface area is 125 Å². The van der Waals surface area contributed by atoms with E-state index < -0.39 is 22.0 Å². The Morgan fingerprint density at radius 2 is 2.05 bits per heavy atom. The largest absolute Gasteiger partial charge is 0.494 e. The molecule has 0 radical (unpaired) electrons. The summed E-state index contributed by atoms with van der Waals surface area (Å²) >= 11 is 0.722. The molecule has 8 nitrogen and oxygen atoms in total. The summed E-state index contributed by atoms with van der Waals surface area (Å²) in [5, 5.41) is 8.49. The van der Waals surface area contributed by atoms with Crippen LogP contribution in [0.15, 0.2) is 10.3 Å². The second-order valence-electron chi connectivity index (χ2n) is 3.85. The van der Waals surface area contributed by atoms with E-state index in [1.807, 2.05) is 0 Å². The Kier molecular flexibility index (Phi) is 6.12. The van der Waals surface area contributed by atoms with Crippen LogP contribution in [0, 0.1) is 0 Å². The number of nitrogens with one attached hydrogen (secondary N) is 1. The fourth-order valence-electron chi connectivity index (χ4n) is 1.40. The lowest BCUT2D eigenvalue weighted by atomic mass is 10.3. The summed E-state index contributed by atoms with van der Waals surface area (Å²) in [7, 11) is -1.41. The number of rotatable bonds is 8. The highest BCUT2D eigenvalue weighted by atomic mass is 32.2. The van der Waals surface area contributed by atoms with Gasteiger partial charge >= 0.3 is 11.9 Å². The monoisotopic (exact) mass is 337 g/mol. The van der Waals surface area contributed by atoms with Gasteiger partial charge in [-0.15, -0.1) is 11.3 Å². The maximum atomic E-state index is 12.1. The highest BCUT2D eigenvalue weighted by Crippen LogP contribution is 2.33. The van der Waals surface area contributed by atoms with E-state index >= 15 is 0 Å². The van der Waals surface area contributed by atoms with Gasteiger partial charge in [0, 0.05) is 19.0 Å². The maximum absolute atomic E-state index is 12.1. The first-order valence-corrected chi connectivity index (χ1v) is 8.09. The average molecular weight is 337 g/mol. The number of thiophene rings is 1. The van der Waals surface area contributed by atoms with E-state index in [1.165, 1.54) is 20.3 Å². The van der Waals surface area contributed by atoms with Gasteiger partial charge in [0.05, 0.1) is 14.2 Å². The summed E-state index contributed by atoms with van der Waals surface area (Å²) in [5.41, 5.74) is 0. The Balaban J connectivity index is 2.89. The van der Waals surface area contributed by atoms with Crippen molar-refractivity contribution >= 4 is 33.3 Å². The zero-order valence-electron chi connectivity index (χ0n) is 11.4. The molecule has 0 aromatic carbocycles. The molecule has 0 spiro atoms. The van der Waals surface area contributed by atoms with Crippen molar-refractivity contribution in [3.8, 4) is 5.75 Å². The molecule has 0 saturated heterocycles. The normalized spacial score (nSPS) is 11.1. The zero-order valence-corrected chi connectivity index (χ0v) is 13.0. The molecule has 21 heavy (non-hydrogen) atoms. The Bertz CT molecular complexity index is 621. The third-order valence-corrected chi connectivity index (χ3v) is 5.45. The number of carboxylic acids is 1. The number of methoxy groups -OCH3 is 2. The molecule has 118 valence electrons. The summed E-state index contributed by atoms with van der Waals surface area (Å²) in [6.45, 7) is -0.0246. The molecule has 1 rings (SSSR count). The average Bonchev–Trinajstić information content (AvgIpc) is 2.87. The third kappa shape index (κ3) is 4.69. The van der Waals surface area contributed by atoms with Crippen molar-refractivity contribution in [2.75, 3.05) is 20.8 Å². The molecular formula is C11H15NO7S2. The summed E-state index contributed by atoms with van der Waals surface area (Å²) in [4.78, 5) is 21.9. The summed E-state index contributed by atoms with van der Waals surface area (Å²) in [6.07, 6.45) is 0.0175. The fourth-order valence-corrected chi connectivity index (χ4v) is 4.01. The summed E-state index contributed by atoms with van der Waals surface area (Å²) < 4.78 is 35.8. The first-order valence-electron chi connectivity index (χ1n) is 5.79. The molecule has 0 aliphatic rings. The second kappa shape index (κ2) is 7.38. The molecule has 0 unspecified atom stereocenters. The van der Waals surface area contributed by atoms with Crippen LogP contribution in [0.25, 0.3) is 0 Å². The van der Waals surface area contributed by atoms with Crippen LogP contribution in [0.1, 0.15) is 22.5 Å². The predicted molar refractivity (Wildman–Crippen MR) is 74.3 cm³/mol. The zero-order chi connectivity index (χ0) is 16.0. The van der Waals surface area contributed by atoms with E-state index in [2.05, 4.69) is 9.46 Å². The molecule has 2 N–H and O–H groups in total. The third-order valence-electron chi connectivity index (χ3n) is 2.38. The Hall–Kier alpha value is -1.65. The van der Waals surface area contributed by atoms with Gasteiger partial charge in [-0.2, -0.15) is 0 Å². The second-order valence-corrected chi connectivity index (χ2v) is 6.87. The molecule has 0 aliphatic carbocycles. The minimum Gasteiger partial charge on any atom is -0.494 e. The molecule has 1 aromatic rings. The van der Waals surface area contributed by atoms with Gasteiger partial charge in [-0.25, -0.2) is 17.9 Å². The smallest absolute Gasteiger partial charge is 0.348 e. The van der Waals surface area contributed by atoms with Crippen LogP contribution in [0.3, 0.4) is 0 Å². The van der Waals surface area contributed by atoms with Crippen LogP contribution in [-0.4, -0.2) is 46.2 Å². The van der Waals surface area contributed by atoms with Crippen LogP contribution in [0.2, 0.25) is 0 Å². The van der Waals surface area contributed by atoms with E-state index in [4.69, 9.17) is 9.84 Å². The lowest BCUT2D eigenvalue weighted by Gasteiger charge is -2.05. The highest BCUT2D eigenvalue weighted by Gasteiger charge is 2.25. The van der Waals surface area contributed by atoms with Crippen LogP contribution in [-0.2, 0) is 19.6 Å². The molecule has 0 saturated carbocycles. The summed E-state index contributed by atoms with van der Waals surface area (Å²) in [5.74, 6) is -1.63. The fraction of sp³-hybridized carbons (Fsp3) is 0.455. The number of carbonyl (C=O) groups is 2. The molecule has 1 heterocycles. The molecule has 0 atom stereocenters. The number of aliphatic carboxylic acids is 1. The van der Waals surface area contributed by atoms with Gasteiger partial charge < -0.3 is 14.6 Å². The van der Waals surface area contributed by atoms with Crippen molar-refractivity contribution in [1.29, 1.82) is 0 Å². The number of sulfonamides is 1. The predicted octanol–water partition coefficient (Wildman–Crippen LogP) is 0.686. The van der Waals surface area contributed by atoms with Gasteiger partial charge in [-0.05, 0) is 6.42 Å². The van der Waals surface area contributed by atoms with Crippen LogP contribution in [0.5, 0.6) is 5.75 Å². The highest BCUT2D eigenvalue weighted by molar-refractivity contribution is 7.91. The van der Waals surface area contributed by atoms with Crippen molar-refractivity contribution in [1.82, 2.24) is 4.72 Å². The first kappa shape index (κ1) is 17.4. The van der Waals surface area contributed by atoms with E-state index in [1.54, 1.807) is 0 Å². The van der Waals surface area contributed by atoms with Gasteiger partial charge in [0.25, 0.3) is 10.0 Å². The van der Waals surface area contributed by atoms with E-state index in [0.717, 1.165) is 11.3 Å². The number of hydrogen-bond acceptors (Lipinski definition) is 7. The summed E-state index contributed by atoms with van der Waals surface area (Å²) in [6, 6.07) is 1.28.